The lowest BCUT2D eigenvalue weighted by molar-refractivity contribution is 0.160. The van der Waals surface area contributed by atoms with Crippen LogP contribution in [0.1, 0.15) is 50.7 Å². The molecule has 0 spiro atoms. The lowest BCUT2D eigenvalue weighted by Crippen LogP contribution is -1.99. The molecule has 0 fully saturated rings. The molecule has 2 heteroatoms. The first-order valence-electron chi connectivity index (χ1n) is 6.10. The Morgan fingerprint density at radius 2 is 1.94 bits per heavy atom. The van der Waals surface area contributed by atoms with E-state index < -0.39 is 0 Å². The van der Waals surface area contributed by atoms with Crippen LogP contribution in [0.2, 0.25) is 0 Å². The van der Waals surface area contributed by atoms with Gasteiger partial charge >= 0.3 is 0 Å². The van der Waals surface area contributed by atoms with Crippen molar-refractivity contribution in [1.29, 1.82) is 0 Å². The SMILES string of the molecule is CCCCCCC(O)c1ccccc1SC. The van der Waals surface area contributed by atoms with E-state index in [9.17, 15) is 5.11 Å². The van der Waals surface area contributed by atoms with E-state index in [0.717, 1.165) is 18.4 Å². The second-order valence-electron chi connectivity index (χ2n) is 4.11. The number of hydrogen-bond acceptors (Lipinski definition) is 2. The summed E-state index contributed by atoms with van der Waals surface area (Å²) in [5, 5.41) is 10.1. The van der Waals surface area contributed by atoms with Crippen LogP contribution in [0.25, 0.3) is 0 Å². The summed E-state index contributed by atoms with van der Waals surface area (Å²) in [7, 11) is 0. The Hall–Kier alpha value is -0.470. The van der Waals surface area contributed by atoms with Crippen LogP contribution in [-0.4, -0.2) is 11.4 Å². The number of thioether (sulfide) groups is 1. The number of unbranched alkanes of at least 4 members (excludes halogenated alkanes) is 3. The number of benzene rings is 1. The molecule has 1 N–H and O–H groups in total. The fraction of sp³-hybridized carbons (Fsp3) is 0.571. The van der Waals surface area contributed by atoms with Gasteiger partial charge in [-0.15, -0.1) is 11.8 Å². The van der Waals surface area contributed by atoms with Crippen molar-refractivity contribution in [3.63, 3.8) is 0 Å². The van der Waals surface area contributed by atoms with Crippen LogP contribution in [0.3, 0.4) is 0 Å². The average Bonchev–Trinajstić information content (AvgIpc) is 2.34. The standard InChI is InChI=1S/C14H22OS/c1-3-4-5-6-10-13(15)12-9-7-8-11-14(12)16-2/h7-9,11,13,15H,3-6,10H2,1-2H3. The van der Waals surface area contributed by atoms with Crippen LogP contribution in [0.5, 0.6) is 0 Å². The maximum atomic E-state index is 10.1. The van der Waals surface area contributed by atoms with Gasteiger partial charge in [-0.25, -0.2) is 0 Å². The van der Waals surface area contributed by atoms with Crippen LogP contribution in [0.15, 0.2) is 29.2 Å². The molecule has 1 aromatic rings. The van der Waals surface area contributed by atoms with Crippen molar-refractivity contribution in [2.75, 3.05) is 6.26 Å². The molecule has 0 aromatic heterocycles. The predicted octanol–water partition coefficient (Wildman–Crippen LogP) is 4.41. The van der Waals surface area contributed by atoms with Gasteiger partial charge in [0.2, 0.25) is 0 Å². The van der Waals surface area contributed by atoms with Gasteiger partial charge in [0, 0.05) is 4.90 Å². The zero-order valence-electron chi connectivity index (χ0n) is 10.3. The number of hydrogen-bond donors (Lipinski definition) is 1. The Bertz CT molecular complexity index is 299. The number of aliphatic hydroxyl groups is 1. The first kappa shape index (κ1) is 13.6. The van der Waals surface area contributed by atoms with E-state index in [1.54, 1.807) is 11.8 Å². The van der Waals surface area contributed by atoms with Crippen molar-refractivity contribution < 1.29 is 5.11 Å². The van der Waals surface area contributed by atoms with E-state index in [-0.39, 0.29) is 6.10 Å². The van der Waals surface area contributed by atoms with E-state index in [0.29, 0.717) is 0 Å². The third-order valence-electron chi connectivity index (χ3n) is 2.83. The molecular weight excluding hydrogens is 216 g/mol. The van der Waals surface area contributed by atoms with Crippen LogP contribution in [0, 0.1) is 0 Å². The number of rotatable bonds is 7. The van der Waals surface area contributed by atoms with E-state index in [4.69, 9.17) is 0 Å². The third kappa shape index (κ3) is 4.18. The van der Waals surface area contributed by atoms with E-state index in [2.05, 4.69) is 19.2 Å². The molecule has 90 valence electrons. The molecule has 1 rings (SSSR count). The van der Waals surface area contributed by atoms with E-state index in [1.807, 2.05) is 18.2 Å². The fourth-order valence-electron chi connectivity index (χ4n) is 1.86. The maximum absolute atomic E-state index is 10.1. The highest BCUT2D eigenvalue weighted by molar-refractivity contribution is 7.98. The minimum atomic E-state index is -0.291. The summed E-state index contributed by atoms with van der Waals surface area (Å²) in [6.45, 7) is 2.21. The minimum absolute atomic E-state index is 0.291. The smallest absolute Gasteiger partial charge is 0.0800 e. The molecule has 1 unspecified atom stereocenters. The molecule has 1 atom stereocenters. The summed E-state index contributed by atoms with van der Waals surface area (Å²) in [6.07, 6.45) is 7.53. The molecule has 1 aromatic carbocycles. The zero-order chi connectivity index (χ0) is 11.8. The third-order valence-corrected chi connectivity index (χ3v) is 3.64. The summed E-state index contributed by atoms with van der Waals surface area (Å²) in [5.74, 6) is 0. The molecule has 0 bridgehead atoms. The minimum Gasteiger partial charge on any atom is -0.388 e. The van der Waals surface area contributed by atoms with E-state index in [1.165, 1.54) is 24.2 Å². The number of aliphatic hydroxyl groups excluding tert-OH is 1. The Kier molecular flexibility index (Phi) is 6.58. The van der Waals surface area contributed by atoms with Gasteiger partial charge in [0.05, 0.1) is 6.10 Å². The summed E-state index contributed by atoms with van der Waals surface area (Å²) in [6, 6.07) is 8.15. The summed E-state index contributed by atoms with van der Waals surface area (Å²) in [5.41, 5.74) is 1.09. The van der Waals surface area contributed by atoms with Gasteiger partial charge in [-0.3, -0.25) is 0 Å². The van der Waals surface area contributed by atoms with Crippen LogP contribution >= 0.6 is 11.8 Å². The highest BCUT2D eigenvalue weighted by Crippen LogP contribution is 2.28. The van der Waals surface area contributed by atoms with Gasteiger partial charge < -0.3 is 5.11 Å². The lowest BCUT2D eigenvalue weighted by atomic mass is 10.0. The normalized spacial score (nSPS) is 12.7. The van der Waals surface area contributed by atoms with Crippen LogP contribution in [-0.2, 0) is 0 Å². The van der Waals surface area contributed by atoms with Gasteiger partial charge in [0.25, 0.3) is 0 Å². The van der Waals surface area contributed by atoms with Crippen molar-refractivity contribution in [3.05, 3.63) is 29.8 Å². The van der Waals surface area contributed by atoms with Crippen LogP contribution in [0.4, 0.5) is 0 Å². The van der Waals surface area contributed by atoms with Gasteiger partial charge in [-0.1, -0.05) is 50.8 Å². The topological polar surface area (TPSA) is 20.2 Å². The molecular formula is C14H22OS. The Morgan fingerprint density at radius 3 is 2.62 bits per heavy atom. The van der Waals surface area contributed by atoms with Crippen LogP contribution < -0.4 is 0 Å². The monoisotopic (exact) mass is 238 g/mol. The lowest BCUT2D eigenvalue weighted by Gasteiger charge is -2.14. The molecule has 0 amide bonds. The first-order chi connectivity index (χ1) is 7.79. The highest BCUT2D eigenvalue weighted by atomic mass is 32.2. The van der Waals surface area contributed by atoms with Gasteiger partial charge in [-0.2, -0.15) is 0 Å². The molecule has 0 radical (unpaired) electrons. The first-order valence-corrected chi connectivity index (χ1v) is 7.33. The Balaban J connectivity index is 2.48. The Labute approximate surface area is 103 Å². The molecule has 16 heavy (non-hydrogen) atoms. The average molecular weight is 238 g/mol. The van der Waals surface area contributed by atoms with Gasteiger partial charge in [0.15, 0.2) is 0 Å². The summed E-state index contributed by atoms with van der Waals surface area (Å²) >= 11 is 1.71. The molecule has 0 saturated heterocycles. The van der Waals surface area contributed by atoms with Crippen molar-refractivity contribution in [3.8, 4) is 0 Å². The quantitative estimate of drug-likeness (QED) is 0.561. The van der Waals surface area contributed by atoms with Crippen molar-refractivity contribution in [2.45, 2.75) is 50.0 Å². The second kappa shape index (κ2) is 7.75. The zero-order valence-corrected chi connectivity index (χ0v) is 11.1. The molecule has 0 saturated carbocycles. The van der Waals surface area contributed by atoms with Crippen molar-refractivity contribution >= 4 is 11.8 Å². The van der Waals surface area contributed by atoms with Gasteiger partial charge in [-0.05, 0) is 24.3 Å². The fourth-order valence-corrected chi connectivity index (χ4v) is 2.52. The predicted molar refractivity (Wildman–Crippen MR) is 71.9 cm³/mol. The summed E-state index contributed by atoms with van der Waals surface area (Å²) < 4.78 is 0. The highest BCUT2D eigenvalue weighted by Gasteiger charge is 2.10. The molecule has 0 heterocycles. The van der Waals surface area contributed by atoms with Crippen molar-refractivity contribution in [1.82, 2.24) is 0 Å². The van der Waals surface area contributed by atoms with E-state index >= 15 is 0 Å². The second-order valence-corrected chi connectivity index (χ2v) is 4.96. The molecule has 0 aliphatic heterocycles. The largest absolute Gasteiger partial charge is 0.388 e. The maximum Gasteiger partial charge on any atom is 0.0800 e. The summed E-state index contributed by atoms with van der Waals surface area (Å²) in [4.78, 5) is 1.20. The van der Waals surface area contributed by atoms with Gasteiger partial charge in [0.1, 0.15) is 0 Å². The molecule has 0 aliphatic rings. The van der Waals surface area contributed by atoms with Crippen molar-refractivity contribution in [2.24, 2.45) is 0 Å². The molecule has 0 aliphatic carbocycles. The Morgan fingerprint density at radius 1 is 1.19 bits per heavy atom. The molecule has 1 nitrogen and oxygen atoms in total.